The van der Waals surface area contributed by atoms with Crippen LogP contribution in [-0.4, -0.2) is 10.9 Å². The largest absolute Gasteiger partial charge is 0.505 e. The molecule has 0 bridgehead atoms. The second-order valence-electron chi connectivity index (χ2n) is 7.58. The van der Waals surface area contributed by atoms with Crippen molar-refractivity contribution in [2.75, 3.05) is 10.6 Å². The van der Waals surface area contributed by atoms with Gasteiger partial charge in [-0.25, -0.2) is 0 Å². The van der Waals surface area contributed by atoms with Crippen molar-refractivity contribution >= 4 is 22.8 Å². The molecule has 0 saturated heterocycles. The fourth-order valence-corrected chi connectivity index (χ4v) is 2.66. The number of Topliss-reactive ketones (excluding diaryl/α,β-unsaturated/α-hetero) is 1. The van der Waals surface area contributed by atoms with Crippen LogP contribution >= 0.6 is 0 Å². The number of benzene rings is 2. The minimum absolute atomic E-state index is 0.0855. The van der Waals surface area contributed by atoms with Crippen LogP contribution in [0.3, 0.4) is 0 Å². The average molecular weight is 499 g/mol. The molecule has 200 valence electrons. The molecule has 36 heavy (non-hydrogen) atoms. The zero-order valence-corrected chi connectivity index (χ0v) is 23.8. The Kier molecular flexibility index (Phi) is 19.2. The molecule has 0 spiro atoms. The molecule has 6 heteroatoms. The fraction of sp³-hybridized carbons (Fsp3) is 0.433. The van der Waals surface area contributed by atoms with Crippen molar-refractivity contribution in [1.82, 2.24) is 0 Å². The average Bonchev–Trinajstić information content (AvgIpc) is 2.92. The highest BCUT2D eigenvalue weighted by atomic mass is 16.3. The highest BCUT2D eigenvalue weighted by molar-refractivity contribution is 6.00. The lowest BCUT2D eigenvalue weighted by molar-refractivity contribution is 0.0985. The quantitative estimate of drug-likeness (QED) is 0.176. The van der Waals surface area contributed by atoms with Crippen LogP contribution in [0.5, 0.6) is 5.75 Å². The van der Waals surface area contributed by atoms with Crippen molar-refractivity contribution in [2.24, 2.45) is 5.92 Å². The van der Waals surface area contributed by atoms with E-state index in [-0.39, 0.29) is 40.6 Å². The highest BCUT2D eigenvalue weighted by Gasteiger charge is 2.22. The van der Waals surface area contributed by atoms with Crippen LogP contribution in [0.15, 0.2) is 58.1 Å². The van der Waals surface area contributed by atoms with Gasteiger partial charge in [0.2, 0.25) is 0 Å². The Balaban J connectivity index is 0. The van der Waals surface area contributed by atoms with Crippen molar-refractivity contribution in [3.05, 3.63) is 80.1 Å². The molecule has 6 nitrogen and oxygen atoms in total. The molecular formula is C30H46N2O4. The lowest BCUT2D eigenvalue weighted by Gasteiger charge is -2.16. The number of hydrogen-bond donors (Lipinski definition) is 3. The SMILES string of the molecule is CC.CC.CC.CC(C)C.CCC(=O)c1cccc(Nc2c(NCc3ccccc3)c(=O)c2=O)c1O. The minimum atomic E-state index is -0.660. The van der Waals surface area contributed by atoms with Crippen LogP contribution in [0.4, 0.5) is 17.1 Å². The van der Waals surface area contributed by atoms with Gasteiger partial charge in [0.25, 0.3) is 10.9 Å². The molecule has 0 saturated carbocycles. The van der Waals surface area contributed by atoms with Crippen molar-refractivity contribution in [3.63, 3.8) is 0 Å². The monoisotopic (exact) mass is 498 g/mol. The van der Waals surface area contributed by atoms with Gasteiger partial charge >= 0.3 is 0 Å². The van der Waals surface area contributed by atoms with Gasteiger partial charge in [0.1, 0.15) is 17.1 Å². The molecule has 0 aliphatic heterocycles. The Hall–Kier alpha value is -3.41. The first-order chi connectivity index (χ1) is 17.3. The zero-order chi connectivity index (χ0) is 28.3. The summed E-state index contributed by atoms with van der Waals surface area (Å²) >= 11 is 0. The van der Waals surface area contributed by atoms with E-state index in [1.54, 1.807) is 19.1 Å². The molecule has 3 aromatic carbocycles. The number of phenolic OH excluding ortho intramolecular Hbond substituents is 1. The van der Waals surface area contributed by atoms with E-state index in [2.05, 4.69) is 31.4 Å². The molecule has 0 radical (unpaired) electrons. The number of rotatable bonds is 7. The van der Waals surface area contributed by atoms with Gasteiger partial charge in [-0.15, -0.1) is 0 Å². The maximum Gasteiger partial charge on any atom is 0.253 e. The first-order valence-electron chi connectivity index (χ1n) is 13.0. The number of hydrogen-bond acceptors (Lipinski definition) is 6. The zero-order valence-electron chi connectivity index (χ0n) is 23.8. The smallest absolute Gasteiger partial charge is 0.253 e. The van der Waals surface area contributed by atoms with Crippen LogP contribution in [0.2, 0.25) is 0 Å². The molecule has 0 aromatic heterocycles. The number of carbonyl (C=O) groups is 1. The van der Waals surface area contributed by atoms with Crippen LogP contribution < -0.4 is 21.5 Å². The predicted molar refractivity (Wildman–Crippen MR) is 156 cm³/mol. The molecule has 3 N–H and O–H groups in total. The molecule has 0 heterocycles. The molecule has 0 amide bonds. The predicted octanol–water partition coefficient (Wildman–Crippen LogP) is 7.68. The molecule has 0 unspecified atom stereocenters. The van der Waals surface area contributed by atoms with Gasteiger partial charge in [-0.3, -0.25) is 14.4 Å². The van der Waals surface area contributed by atoms with Crippen molar-refractivity contribution in [3.8, 4) is 5.75 Å². The molecule has 0 aliphatic rings. The first kappa shape index (κ1) is 34.8. The maximum absolute atomic E-state index is 11.9. The molecule has 0 fully saturated rings. The molecule has 0 atom stereocenters. The molecule has 3 rings (SSSR count). The van der Waals surface area contributed by atoms with Gasteiger partial charge in [-0.2, -0.15) is 0 Å². The lowest BCUT2D eigenvalue weighted by atomic mass is 10.1. The lowest BCUT2D eigenvalue weighted by Crippen LogP contribution is -2.36. The second-order valence-corrected chi connectivity index (χ2v) is 7.58. The topological polar surface area (TPSA) is 95.5 Å². The van der Waals surface area contributed by atoms with Gasteiger partial charge in [0.15, 0.2) is 5.78 Å². The third-order valence-corrected chi connectivity index (χ3v) is 4.14. The third kappa shape index (κ3) is 10.9. The van der Waals surface area contributed by atoms with E-state index in [4.69, 9.17) is 0 Å². The Bertz CT molecular complexity index is 1060. The third-order valence-electron chi connectivity index (χ3n) is 4.14. The van der Waals surface area contributed by atoms with E-state index in [0.29, 0.717) is 6.54 Å². The summed E-state index contributed by atoms with van der Waals surface area (Å²) in [6, 6.07) is 14.1. The highest BCUT2D eigenvalue weighted by Crippen LogP contribution is 2.32. The number of ketones is 1. The fourth-order valence-electron chi connectivity index (χ4n) is 2.66. The normalized spacial score (nSPS) is 9.19. The van der Waals surface area contributed by atoms with E-state index in [1.807, 2.05) is 71.9 Å². The summed E-state index contributed by atoms with van der Waals surface area (Å²) in [5.41, 5.74) is 0.336. The van der Waals surface area contributed by atoms with Gasteiger partial charge in [0, 0.05) is 13.0 Å². The number of anilines is 3. The van der Waals surface area contributed by atoms with Crippen LogP contribution in [-0.2, 0) is 6.54 Å². The Labute approximate surface area is 217 Å². The van der Waals surface area contributed by atoms with Crippen LogP contribution in [0, 0.1) is 5.92 Å². The van der Waals surface area contributed by atoms with Gasteiger partial charge < -0.3 is 15.7 Å². The molecular weight excluding hydrogens is 452 g/mol. The maximum atomic E-state index is 11.9. The molecule has 0 aliphatic carbocycles. The van der Waals surface area contributed by atoms with Crippen LogP contribution in [0.1, 0.15) is 91.6 Å². The van der Waals surface area contributed by atoms with Gasteiger partial charge in [-0.05, 0) is 23.6 Å². The number of carbonyl (C=O) groups excluding carboxylic acids is 1. The van der Waals surface area contributed by atoms with E-state index in [9.17, 15) is 19.5 Å². The number of para-hydroxylation sites is 1. The van der Waals surface area contributed by atoms with Gasteiger partial charge in [0.05, 0.1) is 11.3 Å². The van der Waals surface area contributed by atoms with Crippen molar-refractivity contribution in [1.29, 1.82) is 0 Å². The Morgan fingerprint density at radius 1 is 0.806 bits per heavy atom. The van der Waals surface area contributed by atoms with E-state index in [0.717, 1.165) is 11.5 Å². The van der Waals surface area contributed by atoms with Gasteiger partial charge in [-0.1, -0.05) is 106 Å². The Morgan fingerprint density at radius 3 is 1.81 bits per heavy atom. The van der Waals surface area contributed by atoms with E-state index < -0.39 is 10.9 Å². The second kappa shape index (κ2) is 19.8. The summed E-state index contributed by atoms with van der Waals surface area (Å²) < 4.78 is 0. The van der Waals surface area contributed by atoms with Crippen LogP contribution in [0.25, 0.3) is 0 Å². The number of aromatic hydroxyl groups is 1. The van der Waals surface area contributed by atoms with Crippen molar-refractivity contribution < 1.29 is 9.90 Å². The summed E-state index contributed by atoms with van der Waals surface area (Å²) in [4.78, 5) is 35.6. The summed E-state index contributed by atoms with van der Waals surface area (Å²) in [5, 5.41) is 16.0. The minimum Gasteiger partial charge on any atom is -0.505 e. The first-order valence-corrected chi connectivity index (χ1v) is 13.0. The van der Waals surface area contributed by atoms with E-state index >= 15 is 0 Å². The summed E-state index contributed by atoms with van der Waals surface area (Å²) in [6.07, 6.45) is 0.251. The summed E-state index contributed by atoms with van der Waals surface area (Å²) in [6.45, 7) is 20.6. The van der Waals surface area contributed by atoms with Crippen molar-refractivity contribution in [2.45, 2.75) is 82.2 Å². The standard InChI is InChI=1S/C20H18N2O4.C4H10.3C2H6/c1-2-15(23)13-9-6-10-14(18(13)24)22-17-16(19(25)20(17)26)21-11-12-7-4-3-5-8-12;1-4(2)3;3*1-2/h3-10,21-22,24H,2,11H2,1H3;4H,1-3H3;3*1-2H3. The van der Waals surface area contributed by atoms with E-state index in [1.165, 1.54) is 6.07 Å². The Morgan fingerprint density at radius 2 is 1.31 bits per heavy atom. The number of phenols is 1. The number of nitrogens with one attached hydrogen (secondary N) is 2. The molecule has 3 aromatic rings. The summed E-state index contributed by atoms with van der Waals surface area (Å²) in [7, 11) is 0. The summed E-state index contributed by atoms with van der Waals surface area (Å²) in [5.74, 6) is 0.389.